The Kier molecular flexibility index (Phi) is 6.96. The lowest BCUT2D eigenvalue weighted by atomic mass is 9.97. The Morgan fingerprint density at radius 3 is 2.56 bits per heavy atom. The first-order chi connectivity index (χ1) is 12.9. The molecule has 2 aromatic rings. The van der Waals surface area contributed by atoms with Gasteiger partial charge in [-0.3, -0.25) is 4.98 Å². The van der Waals surface area contributed by atoms with Gasteiger partial charge in [0.25, 0.3) is 0 Å². The quantitative estimate of drug-likeness (QED) is 0.431. The summed E-state index contributed by atoms with van der Waals surface area (Å²) in [5.41, 5.74) is 3.65. The van der Waals surface area contributed by atoms with Crippen LogP contribution in [0, 0.1) is 6.92 Å². The molecule has 0 fully saturated rings. The zero-order valence-corrected chi connectivity index (χ0v) is 16.3. The van der Waals surface area contributed by atoms with Gasteiger partial charge in [0, 0.05) is 34.5 Å². The summed E-state index contributed by atoms with van der Waals surface area (Å²) < 4.78 is 5.29. The number of nitrogens with zero attached hydrogens (tertiary/aromatic N) is 2. The van der Waals surface area contributed by atoms with E-state index in [1.54, 1.807) is 12.1 Å². The number of ether oxygens (including phenoxy) is 1. The molecule has 0 aliphatic heterocycles. The van der Waals surface area contributed by atoms with Crippen LogP contribution in [-0.4, -0.2) is 23.1 Å². The summed E-state index contributed by atoms with van der Waals surface area (Å²) in [7, 11) is 1.52. The van der Waals surface area contributed by atoms with Crippen molar-refractivity contribution in [2.24, 2.45) is 10.9 Å². The van der Waals surface area contributed by atoms with Crippen molar-refractivity contribution in [1.29, 1.82) is 0 Å². The molecule has 0 radical (unpaired) electrons. The van der Waals surface area contributed by atoms with E-state index in [0.29, 0.717) is 22.9 Å². The second kappa shape index (κ2) is 9.19. The molecular weight excluding hydrogens is 342 g/mol. The van der Waals surface area contributed by atoms with Crippen LogP contribution >= 0.6 is 0 Å². The molecule has 6 nitrogen and oxygen atoms in total. The molecule has 1 aromatic carbocycles. The second-order valence-electron chi connectivity index (χ2n) is 6.30. The number of phenolic OH excluding ortho intramolecular Hbond substituents is 1. The lowest BCUT2D eigenvalue weighted by Gasteiger charge is -2.15. The Balaban J connectivity index is 2.45. The Bertz CT molecular complexity index is 843. The van der Waals surface area contributed by atoms with Crippen LogP contribution in [0.5, 0.6) is 11.5 Å². The van der Waals surface area contributed by atoms with Gasteiger partial charge in [-0.05, 0) is 44.0 Å². The number of aliphatic imine (C=N–C) groups is 1. The Morgan fingerprint density at radius 1 is 1.26 bits per heavy atom. The first-order valence-corrected chi connectivity index (χ1v) is 8.94. The monoisotopic (exact) mass is 369 g/mol. The van der Waals surface area contributed by atoms with Crippen molar-refractivity contribution in [3.05, 3.63) is 59.4 Å². The lowest BCUT2D eigenvalue weighted by molar-refractivity contribution is 0.322. The summed E-state index contributed by atoms with van der Waals surface area (Å²) in [4.78, 5) is 14.2. The van der Waals surface area contributed by atoms with Gasteiger partial charge in [-0.1, -0.05) is 20.4 Å². The van der Waals surface area contributed by atoms with Crippen LogP contribution in [0.3, 0.4) is 0 Å². The minimum atomic E-state index is 0.0993. The van der Waals surface area contributed by atoms with Crippen LogP contribution in [0.1, 0.15) is 55.1 Å². The van der Waals surface area contributed by atoms with E-state index in [-0.39, 0.29) is 11.6 Å². The average Bonchev–Trinajstić information content (AvgIpc) is 2.66. The third kappa shape index (κ3) is 4.86. The SMILES string of the molecule is C=C(N=C(ON)c1cc(C)nc(C(CC)CC)c1)c1ccc(O)cc1OC. The molecule has 0 amide bonds. The van der Waals surface area contributed by atoms with E-state index in [0.717, 1.165) is 29.8 Å². The van der Waals surface area contributed by atoms with E-state index in [1.807, 2.05) is 19.1 Å². The third-order valence-electron chi connectivity index (χ3n) is 4.47. The normalized spacial score (nSPS) is 11.6. The van der Waals surface area contributed by atoms with Gasteiger partial charge in [0.2, 0.25) is 5.90 Å². The van der Waals surface area contributed by atoms with Gasteiger partial charge in [-0.15, -0.1) is 0 Å². The maximum Gasteiger partial charge on any atom is 0.245 e. The van der Waals surface area contributed by atoms with E-state index in [2.05, 4.69) is 30.4 Å². The first-order valence-electron chi connectivity index (χ1n) is 8.94. The van der Waals surface area contributed by atoms with Gasteiger partial charge < -0.3 is 14.7 Å². The van der Waals surface area contributed by atoms with Gasteiger partial charge in [-0.25, -0.2) is 4.99 Å². The average molecular weight is 369 g/mol. The largest absolute Gasteiger partial charge is 0.508 e. The van der Waals surface area contributed by atoms with Crippen LogP contribution < -0.4 is 10.6 Å². The van der Waals surface area contributed by atoms with Crippen LogP contribution in [0.4, 0.5) is 0 Å². The van der Waals surface area contributed by atoms with E-state index in [9.17, 15) is 5.11 Å². The highest BCUT2D eigenvalue weighted by Crippen LogP contribution is 2.30. The van der Waals surface area contributed by atoms with Crippen molar-refractivity contribution in [2.45, 2.75) is 39.5 Å². The minimum absolute atomic E-state index is 0.0993. The fraction of sp³-hybridized carbons (Fsp3) is 0.333. The highest BCUT2D eigenvalue weighted by atomic mass is 16.6. The molecule has 0 bridgehead atoms. The van der Waals surface area contributed by atoms with Gasteiger partial charge >= 0.3 is 0 Å². The van der Waals surface area contributed by atoms with E-state index < -0.39 is 0 Å². The summed E-state index contributed by atoms with van der Waals surface area (Å²) in [6, 6.07) is 8.56. The molecule has 144 valence electrons. The van der Waals surface area contributed by atoms with Gasteiger partial charge in [-0.2, -0.15) is 5.90 Å². The molecule has 0 spiro atoms. The number of aryl methyl sites for hydroxylation is 1. The van der Waals surface area contributed by atoms with Crippen LogP contribution in [0.2, 0.25) is 0 Å². The topological polar surface area (TPSA) is 90.0 Å². The number of rotatable bonds is 7. The number of nitrogens with two attached hydrogens (primary N) is 1. The lowest BCUT2D eigenvalue weighted by Crippen LogP contribution is -2.14. The Labute approximate surface area is 160 Å². The van der Waals surface area contributed by atoms with Crippen molar-refractivity contribution in [3.8, 4) is 11.5 Å². The summed E-state index contributed by atoms with van der Waals surface area (Å²) in [5, 5.41) is 9.62. The predicted octanol–water partition coefficient (Wildman–Crippen LogP) is 4.32. The van der Waals surface area contributed by atoms with Gasteiger partial charge in [0.05, 0.1) is 12.8 Å². The van der Waals surface area contributed by atoms with Crippen LogP contribution in [0.25, 0.3) is 5.70 Å². The smallest absolute Gasteiger partial charge is 0.245 e. The summed E-state index contributed by atoms with van der Waals surface area (Å²) >= 11 is 0. The molecule has 0 unspecified atom stereocenters. The molecule has 1 aromatic heterocycles. The van der Waals surface area contributed by atoms with Gasteiger partial charge in [0.15, 0.2) is 0 Å². The molecule has 2 rings (SSSR count). The van der Waals surface area contributed by atoms with Crippen molar-refractivity contribution in [1.82, 2.24) is 4.98 Å². The van der Waals surface area contributed by atoms with Crippen molar-refractivity contribution in [2.75, 3.05) is 7.11 Å². The van der Waals surface area contributed by atoms with E-state index in [4.69, 9.17) is 15.5 Å². The second-order valence-corrected chi connectivity index (χ2v) is 6.30. The maximum atomic E-state index is 9.62. The summed E-state index contributed by atoms with van der Waals surface area (Å²) in [6.45, 7) is 10.2. The Morgan fingerprint density at radius 2 is 1.96 bits per heavy atom. The highest BCUT2D eigenvalue weighted by Gasteiger charge is 2.15. The van der Waals surface area contributed by atoms with E-state index >= 15 is 0 Å². The molecule has 3 N–H and O–H groups in total. The van der Waals surface area contributed by atoms with Crippen LogP contribution in [0.15, 0.2) is 41.9 Å². The third-order valence-corrected chi connectivity index (χ3v) is 4.47. The van der Waals surface area contributed by atoms with Gasteiger partial charge in [0.1, 0.15) is 11.5 Å². The van der Waals surface area contributed by atoms with E-state index in [1.165, 1.54) is 13.2 Å². The minimum Gasteiger partial charge on any atom is -0.508 e. The number of benzene rings is 1. The molecule has 6 heteroatoms. The molecule has 27 heavy (non-hydrogen) atoms. The molecule has 0 atom stereocenters. The molecular formula is C21H27N3O3. The number of aromatic hydroxyl groups is 1. The molecule has 0 aliphatic rings. The Hall–Kier alpha value is -2.86. The predicted molar refractivity (Wildman–Crippen MR) is 108 cm³/mol. The number of aromatic nitrogens is 1. The fourth-order valence-corrected chi connectivity index (χ4v) is 2.99. The van der Waals surface area contributed by atoms with Crippen LogP contribution in [-0.2, 0) is 4.84 Å². The zero-order chi connectivity index (χ0) is 20.0. The number of pyridine rings is 1. The van der Waals surface area contributed by atoms with Crippen molar-refractivity contribution < 1.29 is 14.7 Å². The summed E-state index contributed by atoms with van der Waals surface area (Å²) in [5.74, 6) is 6.67. The fourth-order valence-electron chi connectivity index (χ4n) is 2.99. The zero-order valence-electron chi connectivity index (χ0n) is 16.3. The number of hydrogen-bond donors (Lipinski definition) is 2. The number of hydrogen-bond acceptors (Lipinski definition) is 6. The highest BCUT2D eigenvalue weighted by molar-refractivity contribution is 5.97. The summed E-state index contributed by atoms with van der Waals surface area (Å²) in [6.07, 6.45) is 2.00. The first kappa shape index (κ1) is 20.5. The number of methoxy groups -OCH3 is 1. The molecule has 0 saturated carbocycles. The number of phenols is 1. The standard InChI is InChI=1S/C21H27N3O3/c1-6-15(7-2)19-11-16(10-13(3)23-19)21(27-22)24-14(4)18-9-8-17(25)12-20(18)26-5/h8-12,15,25H,4,6-7,22H2,1-3,5H3. The molecule has 0 aliphatic carbocycles. The maximum absolute atomic E-state index is 9.62. The van der Waals surface area contributed by atoms with Crippen molar-refractivity contribution >= 4 is 11.6 Å². The molecule has 1 heterocycles. The molecule has 0 saturated heterocycles. The van der Waals surface area contributed by atoms with Crippen molar-refractivity contribution in [3.63, 3.8) is 0 Å².